The minimum Gasteiger partial charge on any atom is -0.494 e. The predicted molar refractivity (Wildman–Crippen MR) is 67.9 cm³/mol. The van der Waals surface area contributed by atoms with Crippen molar-refractivity contribution in [2.45, 2.75) is 19.6 Å². The lowest BCUT2D eigenvalue weighted by atomic mass is 10.2. The summed E-state index contributed by atoms with van der Waals surface area (Å²) in [4.78, 5) is 0. The summed E-state index contributed by atoms with van der Waals surface area (Å²) < 4.78 is 23.6. The van der Waals surface area contributed by atoms with Crippen LogP contribution in [0.25, 0.3) is 0 Å². The number of hydrogen-bond donors (Lipinski definition) is 2. The summed E-state index contributed by atoms with van der Waals surface area (Å²) in [6, 6.07) is 2.69. The summed E-state index contributed by atoms with van der Waals surface area (Å²) in [5.41, 5.74) is 12.0. The highest BCUT2D eigenvalue weighted by Crippen LogP contribution is 2.25. The van der Waals surface area contributed by atoms with E-state index >= 15 is 0 Å². The first-order valence-corrected chi connectivity index (χ1v) is 4.99. The van der Waals surface area contributed by atoms with Crippen LogP contribution in [-0.4, -0.2) is 19.8 Å². The molecule has 98 valence electrons. The summed E-state index contributed by atoms with van der Waals surface area (Å²) in [6.45, 7) is 2.35. The van der Waals surface area contributed by atoms with Crippen LogP contribution in [0, 0.1) is 5.82 Å². The van der Waals surface area contributed by atoms with Crippen LogP contribution in [0.15, 0.2) is 12.1 Å². The minimum absolute atomic E-state index is 0. The Morgan fingerprint density at radius 2 is 2.06 bits per heavy atom. The fourth-order valence-corrected chi connectivity index (χ4v) is 1.26. The molecule has 1 aromatic carbocycles. The van der Waals surface area contributed by atoms with Gasteiger partial charge in [0.2, 0.25) is 0 Å². The summed E-state index contributed by atoms with van der Waals surface area (Å²) >= 11 is 0. The third-order valence-corrected chi connectivity index (χ3v) is 2.04. The van der Waals surface area contributed by atoms with Crippen LogP contribution in [0.5, 0.6) is 5.75 Å². The molecule has 0 aliphatic heterocycles. The van der Waals surface area contributed by atoms with E-state index < -0.39 is 5.82 Å². The van der Waals surface area contributed by atoms with Crippen molar-refractivity contribution in [1.82, 2.24) is 0 Å². The zero-order valence-electron chi connectivity index (χ0n) is 9.90. The maximum atomic E-state index is 13.5. The smallest absolute Gasteiger partial charge is 0.144 e. The molecule has 0 bridgehead atoms. The van der Waals surface area contributed by atoms with E-state index in [9.17, 15) is 4.39 Å². The van der Waals surface area contributed by atoms with E-state index in [1.807, 2.05) is 6.92 Å². The lowest BCUT2D eigenvalue weighted by molar-refractivity contribution is 0.109. The number of rotatable bonds is 5. The SMILES string of the molecule is COc1cc(F)c(COC[C@@H](C)N)cc1N.Cl. The highest BCUT2D eigenvalue weighted by Gasteiger charge is 2.08. The summed E-state index contributed by atoms with van der Waals surface area (Å²) in [6.07, 6.45) is 0. The van der Waals surface area contributed by atoms with Crippen molar-refractivity contribution in [2.24, 2.45) is 5.73 Å². The number of anilines is 1. The Hall–Kier alpha value is -1.04. The molecule has 4 N–H and O–H groups in total. The zero-order chi connectivity index (χ0) is 12.1. The van der Waals surface area contributed by atoms with Crippen LogP contribution in [0.2, 0.25) is 0 Å². The number of hydrogen-bond acceptors (Lipinski definition) is 4. The molecule has 1 atom stereocenters. The predicted octanol–water partition coefficient (Wildman–Crippen LogP) is 1.70. The van der Waals surface area contributed by atoms with Gasteiger partial charge < -0.3 is 20.9 Å². The molecular weight excluding hydrogens is 247 g/mol. The fraction of sp³-hybridized carbons (Fsp3) is 0.455. The molecule has 1 aromatic rings. The maximum absolute atomic E-state index is 13.5. The molecule has 1 rings (SSSR count). The van der Waals surface area contributed by atoms with Crippen molar-refractivity contribution in [3.05, 3.63) is 23.5 Å². The Bertz CT molecular complexity index is 362. The molecule has 0 heterocycles. The molecule has 0 aliphatic rings. The Kier molecular flexibility index (Phi) is 6.87. The minimum atomic E-state index is -0.393. The van der Waals surface area contributed by atoms with Gasteiger partial charge in [-0.05, 0) is 13.0 Å². The molecular formula is C11H18ClFN2O2. The molecule has 0 amide bonds. The van der Waals surface area contributed by atoms with Crippen molar-refractivity contribution in [3.8, 4) is 5.75 Å². The normalized spacial score (nSPS) is 11.8. The van der Waals surface area contributed by atoms with E-state index in [-0.39, 0.29) is 25.1 Å². The number of benzene rings is 1. The Labute approximate surface area is 106 Å². The first-order chi connectivity index (χ1) is 7.54. The second kappa shape index (κ2) is 7.32. The summed E-state index contributed by atoms with van der Waals surface area (Å²) in [5, 5.41) is 0. The third kappa shape index (κ3) is 4.77. The van der Waals surface area contributed by atoms with E-state index in [0.29, 0.717) is 23.6 Å². The van der Waals surface area contributed by atoms with Crippen LogP contribution in [0.4, 0.5) is 10.1 Å². The maximum Gasteiger partial charge on any atom is 0.144 e. The lowest BCUT2D eigenvalue weighted by Crippen LogP contribution is -2.21. The van der Waals surface area contributed by atoms with Gasteiger partial charge in [-0.2, -0.15) is 0 Å². The molecule has 0 aliphatic carbocycles. The molecule has 0 unspecified atom stereocenters. The molecule has 17 heavy (non-hydrogen) atoms. The van der Waals surface area contributed by atoms with Gasteiger partial charge in [-0.1, -0.05) is 0 Å². The fourth-order valence-electron chi connectivity index (χ4n) is 1.26. The second-order valence-electron chi connectivity index (χ2n) is 3.68. The van der Waals surface area contributed by atoms with Crippen LogP contribution in [0.3, 0.4) is 0 Å². The monoisotopic (exact) mass is 264 g/mol. The molecule has 0 radical (unpaired) electrons. The Balaban J connectivity index is 0.00000256. The van der Waals surface area contributed by atoms with Crippen molar-refractivity contribution in [1.29, 1.82) is 0 Å². The average molecular weight is 265 g/mol. The third-order valence-electron chi connectivity index (χ3n) is 2.04. The highest BCUT2D eigenvalue weighted by atomic mass is 35.5. The van der Waals surface area contributed by atoms with E-state index in [1.165, 1.54) is 19.2 Å². The van der Waals surface area contributed by atoms with Crippen molar-refractivity contribution in [2.75, 3.05) is 19.5 Å². The quantitative estimate of drug-likeness (QED) is 0.794. The van der Waals surface area contributed by atoms with E-state index in [0.717, 1.165) is 0 Å². The van der Waals surface area contributed by atoms with E-state index in [2.05, 4.69) is 0 Å². The van der Waals surface area contributed by atoms with Gasteiger partial charge in [0.05, 0.1) is 26.0 Å². The van der Waals surface area contributed by atoms with Crippen LogP contribution < -0.4 is 16.2 Å². The van der Waals surface area contributed by atoms with E-state index in [1.54, 1.807) is 0 Å². The van der Waals surface area contributed by atoms with Crippen LogP contribution >= 0.6 is 12.4 Å². The first-order valence-electron chi connectivity index (χ1n) is 4.99. The van der Waals surface area contributed by atoms with Gasteiger partial charge in [-0.15, -0.1) is 12.4 Å². The van der Waals surface area contributed by atoms with Crippen molar-refractivity contribution < 1.29 is 13.9 Å². The Morgan fingerprint density at radius 1 is 1.41 bits per heavy atom. The van der Waals surface area contributed by atoms with Crippen LogP contribution in [0.1, 0.15) is 12.5 Å². The Morgan fingerprint density at radius 3 is 2.59 bits per heavy atom. The second-order valence-corrected chi connectivity index (χ2v) is 3.68. The van der Waals surface area contributed by atoms with E-state index in [4.69, 9.17) is 20.9 Å². The van der Waals surface area contributed by atoms with Crippen molar-refractivity contribution in [3.63, 3.8) is 0 Å². The largest absolute Gasteiger partial charge is 0.494 e. The molecule has 0 spiro atoms. The molecule has 4 nitrogen and oxygen atoms in total. The number of nitrogen functional groups attached to an aromatic ring is 1. The highest BCUT2D eigenvalue weighted by molar-refractivity contribution is 5.85. The van der Waals surface area contributed by atoms with Gasteiger partial charge in [0.1, 0.15) is 11.6 Å². The zero-order valence-corrected chi connectivity index (χ0v) is 10.7. The molecule has 0 saturated heterocycles. The van der Waals surface area contributed by atoms with Gasteiger partial charge in [0.25, 0.3) is 0 Å². The van der Waals surface area contributed by atoms with Gasteiger partial charge in [0, 0.05) is 17.7 Å². The molecule has 0 fully saturated rings. The standard InChI is InChI=1S/C11H17FN2O2.ClH/c1-7(13)5-16-6-8-3-10(14)11(15-2)4-9(8)12;/h3-4,7H,5-6,13-14H2,1-2H3;1H/t7-;/m1./s1. The van der Waals surface area contributed by atoms with Crippen molar-refractivity contribution >= 4 is 18.1 Å². The molecule has 0 saturated carbocycles. The van der Waals surface area contributed by atoms with Gasteiger partial charge >= 0.3 is 0 Å². The summed E-state index contributed by atoms with van der Waals surface area (Å²) in [5.74, 6) is -0.0656. The lowest BCUT2D eigenvalue weighted by Gasteiger charge is -2.10. The number of methoxy groups -OCH3 is 1. The first kappa shape index (κ1) is 16.0. The topological polar surface area (TPSA) is 70.5 Å². The summed E-state index contributed by atoms with van der Waals surface area (Å²) in [7, 11) is 1.44. The van der Waals surface area contributed by atoms with Gasteiger partial charge in [-0.3, -0.25) is 0 Å². The number of halogens is 2. The molecule has 6 heteroatoms. The molecule has 0 aromatic heterocycles. The van der Waals surface area contributed by atoms with Crippen LogP contribution in [-0.2, 0) is 11.3 Å². The van der Waals surface area contributed by atoms with Gasteiger partial charge in [-0.25, -0.2) is 4.39 Å². The number of ether oxygens (including phenoxy) is 2. The average Bonchev–Trinajstić information content (AvgIpc) is 2.22. The van der Waals surface area contributed by atoms with Gasteiger partial charge in [0.15, 0.2) is 0 Å². The number of nitrogens with two attached hydrogens (primary N) is 2.